The SMILES string of the molecule is N#Cc1ccc(-c2ccc3c4ccc(-c5ccc(C#N)cc5)cc4n(-c4ccc(-c5c(C#N)cccc5C(F)(F)F)c(-n5c6cc(-c7ccc(C#N)cc7)ccc6c6ccc(-c7ccc(C#N)cc7)cc65)c4C#N)c3c2)cc1. The van der Waals surface area contributed by atoms with Crippen LogP contribution in [0.15, 0.2) is 200 Å². The molecule has 12 aromatic rings. The average Bonchev–Trinajstić information content (AvgIpc) is 4.09. The highest BCUT2D eigenvalue weighted by Crippen LogP contribution is 2.48. The molecule has 0 radical (unpaired) electrons. The van der Waals surface area contributed by atoms with Crippen LogP contribution in [0, 0.1) is 68.0 Å². The van der Waals surface area contributed by atoms with Crippen LogP contribution in [0.4, 0.5) is 13.2 Å². The van der Waals surface area contributed by atoms with Crippen molar-refractivity contribution in [1.82, 2.24) is 9.13 Å². The van der Waals surface area contributed by atoms with Gasteiger partial charge in [-0.15, -0.1) is 0 Å². The van der Waals surface area contributed by atoms with Gasteiger partial charge in [0.25, 0.3) is 0 Å². The molecule has 11 heteroatoms. The lowest BCUT2D eigenvalue weighted by Gasteiger charge is -2.23. The van der Waals surface area contributed by atoms with E-state index in [1.165, 1.54) is 12.1 Å². The fourth-order valence-electron chi connectivity index (χ4n) is 10.7. The van der Waals surface area contributed by atoms with Gasteiger partial charge in [0.05, 0.1) is 97.2 Å². The quantitative estimate of drug-likeness (QED) is 0.155. The van der Waals surface area contributed by atoms with Crippen molar-refractivity contribution in [2.45, 2.75) is 6.18 Å². The zero-order chi connectivity index (χ0) is 53.8. The van der Waals surface area contributed by atoms with Crippen LogP contribution < -0.4 is 0 Å². The Hall–Kier alpha value is -11.5. The normalized spacial score (nSPS) is 11.2. The maximum absolute atomic E-state index is 15.6. The molecule has 0 N–H and O–H groups in total. The van der Waals surface area contributed by atoms with E-state index in [4.69, 9.17) is 0 Å². The second-order valence-electron chi connectivity index (χ2n) is 18.7. The molecular formula is C67H33F3N8. The molecule has 8 nitrogen and oxygen atoms in total. The van der Waals surface area contributed by atoms with Crippen LogP contribution in [-0.2, 0) is 6.18 Å². The molecule has 0 saturated carbocycles. The van der Waals surface area contributed by atoms with E-state index in [1.54, 1.807) is 60.7 Å². The molecule has 0 spiro atoms. The minimum absolute atomic E-state index is 0.00827. The predicted molar refractivity (Wildman–Crippen MR) is 296 cm³/mol. The second kappa shape index (κ2) is 18.8. The number of aromatic nitrogens is 2. The Kier molecular flexibility index (Phi) is 11.4. The van der Waals surface area contributed by atoms with Gasteiger partial charge in [-0.25, -0.2) is 0 Å². The van der Waals surface area contributed by atoms with Gasteiger partial charge in [-0.2, -0.15) is 44.7 Å². The first kappa shape index (κ1) is 47.5. The first-order valence-electron chi connectivity index (χ1n) is 24.4. The van der Waals surface area contributed by atoms with Crippen LogP contribution in [0.1, 0.15) is 38.9 Å². The van der Waals surface area contributed by atoms with Gasteiger partial charge in [-0.3, -0.25) is 0 Å². The van der Waals surface area contributed by atoms with E-state index >= 15 is 13.2 Å². The molecule has 10 aromatic carbocycles. The van der Waals surface area contributed by atoms with Crippen LogP contribution in [0.5, 0.6) is 0 Å². The average molecular weight is 1010 g/mol. The van der Waals surface area contributed by atoms with E-state index in [2.05, 4.69) is 30.3 Å². The first-order chi connectivity index (χ1) is 38.0. The lowest BCUT2D eigenvalue weighted by Crippen LogP contribution is -2.11. The van der Waals surface area contributed by atoms with Crippen molar-refractivity contribution >= 4 is 43.6 Å². The summed E-state index contributed by atoms with van der Waals surface area (Å²) in [6, 6.07) is 71.9. The number of hydrogen-bond donors (Lipinski definition) is 0. The topological polar surface area (TPSA) is 153 Å². The van der Waals surface area contributed by atoms with Crippen molar-refractivity contribution < 1.29 is 13.2 Å². The summed E-state index contributed by atoms with van der Waals surface area (Å²) in [5.41, 5.74) is 9.15. The summed E-state index contributed by atoms with van der Waals surface area (Å²) in [5.74, 6) is 0. The van der Waals surface area contributed by atoms with Crippen LogP contribution in [0.25, 0.3) is 111 Å². The molecule has 0 fully saturated rings. The molecule has 362 valence electrons. The van der Waals surface area contributed by atoms with Crippen molar-refractivity contribution in [2.75, 3.05) is 0 Å². The van der Waals surface area contributed by atoms with Gasteiger partial charge in [-0.1, -0.05) is 109 Å². The highest BCUT2D eigenvalue weighted by atomic mass is 19.4. The predicted octanol–water partition coefficient (Wildman–Crippen LogP) is 16.5. The van der Waals surface area contributed by atoms with Gasteiger partial charge in [0, 0.05) is 32.7 Å². The van der Waals surface area contributed by atoms with Gasteiger partial charge in [0.1, 0.15) is 11.6 Å². The minimum atomic E-state index is -4.94. The number of alkyl halides is 3. The third-order valence-corrected chi connectivity index (χ3v) is 14.4. The molecule has 0 atom stereocenters. The third-order valence-electron chi connectivity index (χ3n) is 14.4. The van der Waals surface area contributed by atoms with Gasteiger partial charge >= 0.3 is 6.18 Å². The fourth-order valence-corrected chi connectivity index (χ4v) is 10.7. The molecule has 0 unspecified atom stereocenters. The molecule has 12 rings (SSSR count). The van der Waals surface area contributed by atoms with Crippen LogP contribution in [0.2, 0.25) is 0 Å². The van der Waals surface area contributed by atoms with Gasteiger partial charge < -0.3 is 9.13 Å². The zero-order valence-electron chi connectivity index (χ0n) is 40.8. The highest BCUT2D eigenvalue weighted by molar-refractivity contribution is 6.14. The third kappa shape index (κ3) is 7.90. The van der Waals surface area contributed by atoms with Crippen molar-refractivity contribution in [3.05, 3.63) is 239 Å². The van der Waals surface area contributed by atoms with Crippen LogP contribution >= 0.6 is 0 Å². The Balaban J connectivity index is 1.25. The van der Waals surface area contributed by atoms with E-state index < -0.39 is 17.3 Å². The Morgan fingerprint density at radius 1 is 0.333 bits per heavy atom. The maximum atomic E-state index is 15.6. The molecular weight excluding hydrogens is 974 g/mol. The molecule has 0 aliphatic rings. The Bertz CT molecular complexity index is 4520. The number of nitriles is 6. The number of fused-ring (bicyclic) bond motifs is 6. The number of hydrogen-bond acceptors (Lipinski definition) is 6. The minimum Gasteiger partial charge on any atom is -0.308 e. The van der Waals surface area contributed by atoms with Crippen molar-refractivity contribution in [2.24, 2.45) is 0 Å². The smallest absolute Gasteiger partial charge is 0.308 e. The molecule has 0 saturated heterocycles. The van der Waals surface area contributed by atoms with E-state index in [-0.39, 0.29) is 22.4 Å². The Labute approximate surface area is 444 Å². The fraction of sp³-hybridized carbons (Fsp3) is 0.0149. The van der Waals surface area contributed by atoms with Gasteiger partial charge in [0.15, 0.2) is 0 Å². The van der Waals surface area contributed by atoms with E-state index in [1.807, 2.05) is 137 Å². The summed E-state index contributed by atoms with van der Waals surface area (Å²) >= 11 is 0. The summed E-state index contributed by atoms with van der Waals surface area (Å²) in [5, 5.41) is 64.4. The molecule has 0 aliphatic carbocycles. The Morgan fingerprint density at radius 3 is 1.00 bits per heavy atom. The maximum Gasteiger partial charge on any atom is 0.417 e. The monoisotopic (exact) mass is 1010 g/mol. The number of nitrogens with zero attached hydrogens (tertiary/aromatic N) is 8. The van der Waals surface area contributed by atoms with Crippen molar-refractivity contribution in [3.63, 3.8) is 0 Å². The van der Waals surface area contributed by atoms with Crippen molar-refractivity contribution in [1.29, 1.82) is 31.6 Å². The summed E-state index contributed by atoms with van der Waals surface area (Å²) in [7, 11) is 0. The van der Waals surface area contributed by atoms with E-state index in [0.717, 1.165) is 72.1 Å². The summed E-state index contributed by atoms with van der Waals surface area (Å²) in [4.78, 5) is 0. The standard InChI is InChI=1S/C67H33F3N8/c68-67(69,70)59-3-1-2-52(38-75)65(59)57-28-29-60(77-61-30-48(44-12-4-40(34-71)5-13-44)20-24-53(61)54-25-21-49(31-62(54)77)45-14-6-41(35-72)7-15-45)58(39-76)66(57)78-63-32-50(46-16-8-42(36-73)9-17-46)22-26-55(63)56-27-23-51(33-64(56)78)47-18-10-43(37-74)11-19-47/h1-33H. The van der Waals surface area contributed by atoms with E-state index in [9.17, 15) is 31.6 Å². The van der Waals surface area contributed by atoms with E-state index in [0.29, 0.717) is 50.0 Å². The number of halogens is 3. The molecule has 2 heterocycles. The first-order valence-corrected chi connectivity index (χ1v) is 24.4. The number of benzene rings is 10. The summed E-state index contributed by atoms with van der Waals surface area (Å²) in [6.07, 6.45) is -4.94. The molecule has 0 bridgehead atoms. The highest BCUT2D eigenvalue weighted by Gasteiger charge is 2.37. The van der Waals surface area contributed by atoms with Crippen LogP contribution in [0.3, 0.4) is 0 Å². The Morgan fingerprint density at radius 2 is 0.679 bits per heavy atom. The lowest BCUT2D eigenvalue weighted by molar-refractivity contribution is -0.137. The molecule has 78 heavy (non-hydrogen) atoms. The number of rotatable bonds is 7. The second-order valence-corrected chi connectivity index (χ2v) is 18.7. The van der Waals surface area contributed by atoms with Crippen LogP contribution in [-0.4, -0.2) is 9.13 Å². The molecule has 2 aromatic heterocycles. The van der Waals surface area contributed by atoms with Crippen molar-refractivity contribution in [3.8, 4) is 103 Å². The summed E-state index contributed by atoms with van der Waals surface area (Å²) < 4.78 is 50.7. The van der Waals surface area contributed by atoms with Gasteiger partial charge in [0.2, 0.25) is 0 Å². The molecule has 0 amide bonds. The van der Waals surface area contributed by atoms with Gasteiger partial charge in [-0.05, 0) is 136 Å². The zero-order valence-corrected chi connectivity index (χ0v) is 40.8. The summed E-state index contributed by atoms with van der Waals surface area (Å²) in [6.45, 7) is 0. The largest absolute Gasteiger partial charge is 0.417 e. The lowest BCUT2D eigenvalue weighted by atomic mass is 9.90. The molecule has 0 aliphatic heterocycles.